The number of hydrogen-bond acceptors (Lipinski definition) is 4. The van der Waals surface area contributed by atoms with Crippen LogP contribution in [0.3, 0.4) is 0 Å². The summed E-state index contributed by atoms with van der Waals surface area (Å²) in [5, 5.41) is 11.3. The Hall–Kier alpha value is -1.01. The summed E-state index contributed by atoms with van der Waals surface area (Å²) in [4.78, 5) is 26.6. The third-order valence-electron chi connectivity index (χ3n) is 3.90. The Morgan fingerprint density at radius 1 is 1.45 bits per heavy atom. The van der Waals surface area contributed by atoms with Gasteiger partial charge in [-0.15, -0.1) is 23.1 Å². The van der Waals surface area contributed by atoms with E-state index < -0.39 is 12.0 Å². The van der Waals surface area contributed by atoms with E-state index in [2.05, 4.69) is 0 Å². The van der Waals surface area contributed by atoms with Gasteiger partial charge < -0.3 is 10.0 Å². The van der Waals surface area contributed by atoms with Crippen LogP contribution in [0, 0.1) is 5.92 Å². The third kappa shape index (κ3) is 2.35. The summed E-state index contributed by atoms with van der Waals surface area (Å²) in [6.07, 6.45) is 3.02. The van der Waals surface area contributed by atoms with Gasteiger partial charge in [0.1, 0.15) is 6.04 Å². The van der Waals surface area contributed by atoms with Crippen molar-refractivity contribution in [2.75, 3.05) is 5.75 Å². The standard InChI is InChI=1S/C14H17NO3S2/c1-2-8-5-6-19-11(8)12(16)15-10(14(17)18)7-20-13(15)9-3-4-9/h5-6,9-10,13H,2-4,7H2,1H3,(H,17,18). The van der Waals surface area contributed by atoms with E-state index in [9.17, 15) is 14.7 Å². The number of carbonyl (C=O) groups is 2. The fourth-order valence-electron chi connectivity index (χ4n) is 2.64. The molecule has 1 saturated heterocycles. The van der Waals surface area contributed by atoms with Gasteiger partial charge in [0.05, 0.1) is 10.3 Å². The summed E-state index contributed by atoms with van der Waals surface area (Å²) >= 11 is 3.05. The molecule has 2 atom stereocenters. The van der Waals surface area contributed by atoms with E-state index in [4.69, 9.17) is 0 Å². The lowest BCUT2D eigenvalue weighted by molar-refractivity contribution is -0.141. The number of aliphatic carboxylic acids is 1. The molecule has 6 heteroatoms. The first-order chi connectivity index (χ1) is 9.63. The smallest absolute Gasteiger partial charge is 0.327 e. The van der Waals surface area contributed by atoms with Gasteiger partial charge in [-0.3, -0.25) is 4.79 Å². The zero-order valence-electron chi connectivity index (χ0n) is 11.2. The van der Waals surface area contributed by atoms with Gasteiger partial charge in [0.2, 0.25) is 0 Å². The number of carboxylic acids is 1. The molecular weight excluding hydrogens is 294 g/mol. The van der Waals surface area contributed by atoms with Crippen molar-refractivity contribution in [1.29, 1.82) is 0 Å². The number of aryl methyl sites for hydroxylation is 1. The van der Waals surface area contributed by atoms with Gasteiger partial charge in [-0.25, -0.2) is 4.79 Å². The van der Waals surface area contributed by atoms with Crippen molar-refractivity contribution in [3.8, 4) is 0 Å². The largest absolute Gasteiger partial charge is 0.480 e. The normalized spacial score (nSPS) is 25.9. The summed E-state index contributed by atoms with van der Waals surface area (Å²) in [6.45, 7) is 2.02. The minimum atomic E-state index is -0.886. The predicted molar refractivity (Wildman–Crippen MR) is 80.3 cm³/mol. The second kappa shape index (κ2) is 5.41. The average molecular weight is 311 g/mol. The van der Waals surface area contributed by atoms with Crippen LogP contribution in [0.2, 0.25) is 0 Å². The van der Waals surface area contributed by atoms with Crippen LogP contribution >= 0.6 is 23.1 Å². The molecule has 2 aliphatic rings. The highest BCUT2D eigenvalue weighted by Gasteiger charge is 2.48. The van der Waals surface area contributed by atoms with Crippen LogP contribution in [-0.4, -0.2) is 39.1 Å². The Labute approximate surface area is 126 Å². The summed E-state index contributed by atoms with van der Waals surface area (Å²) in [6, 6.07) is 1.29. The van der Waals surface area contributed by atoms with Crippen LogP contribution in [0.1, 0.15) is 35.0 Å². The van der Waals surface area contributed by atoms with Gasteiger partial charge in [-0.1, -0.05) is 6.92 Å². The number of nitrogens with zero attached hydrogens (tertiary/aromatic N) is 1. The molecule has 20 heavy (non-hydrogen) atoms. The molecule has 108 valence electrons. The zero-order chi connectivity index (χ0) is 14.3. The van der Waals surface area contributed by atoms with E-state index in [-0.39, 0.29) is 11.3 Å². The van der Waals surface area contributed by atoms with E-state index in [1.807, 2.05) is 18.4 Å². The predicted octanol–water partition coefficient (Wildman–Crippen LogP) is 2.69. The van der Waals surface area contributed by atoms with Crippen molar-refractivity contribution >= 4 is 35.0 Å². The molecule has 2 unspecified atom stereocenters. The molecule has 1 aromatic rings. The Morgan fingerprint density at radius 3 is 2.80 bits per heavy atom. The monoisotopic (exact) mass is 311 g/mol. The second-order valence-electron chi connectivity index (χ2n) is 5.26. The van der Waals surface area contributed by atoms with Gasteiger partial charge in [-0.05, 0) is 42.2 Å². The van der Waals surface area contributed by atoms with Gasteiger partial charge in [0.25, 0.3) is 5.91 Å². The van der Waals surface area contributed by atoms with Gasteiger partial charge >= 0.3 is 5.97 Å². The highest BCUT2D eigenvalue weighted by molar-refractivity contribution is 8.00. The lowest BCUT2D eigenvalue weighted by Crippen LogP contribution is -2.46. The maximum atomic E-state index is 12.8. The van der Waals surface area contributed by atoms with Crippen molar-refractivity contribution in [1.82, 2.24) is 4.90 Å². The molecule has 0 bridgehead atoms. The highest BCUT2D eigenvalue weighted by Crippen LogP contribution is 2.46. The number of hydrogen-bond donors (Lipinski definition) is 1. The fourth-order valence-corrected chi connectivity index (χ4v) is 5.21. The molecule has 1 aliphatic heterocycles. The Balaban J connectivity index is 1.91. The molecule has 4 nitrogen and oxygen atoms in total. The summed E-state index contributed by atoms with van der Waals surface area (Å²) in [5.74, 6) is 0.0165. The average Bonchev–Trinajstić information content (AvgIpc) is 3.02. The number of carbonyl (C=O) groups excluding carboxylic acids is 1. The molecule has 1 aromatic heterocycles. The van der Waals surface area contributed by atoms with Crippen LogP contribution in [0.5, 0.6) is 0 Å². The van der Waals surface area contributed by atoms with E-state index in [0.29, 0.717) is 16.5 Å². The fraction of sp³-hybridized carbons (Fsp3) is 0.571. The van der Waals surface area contributed by atoms with E-state index in [0.717, 1.165) is 24.8 Å². The number of rotatable bonds is 4. The third-order valence-corrected chi connectivity index (χ3v) is 6.31. The van der Waals surface area contributed by atoms with E-state index >= 15 is 0 Å². The van der Waals surface area contributed by atoms with Crippen molar-refractivity contribution in [2.24, 2.45) is 5.92 Å². The molecule has 0 radical (unpaired) electrons. The highest BCUT2D eigenvalue weighted by atomic mass is 32.2. The quantitative estimate of drug-likeness (QED) is 0.929. The molecule has 2 fully saturated rings. The molecule has 1 aliphatic carbocycles. The molecule has 0 spiro atoms. The number of amides is 1. The van der Waals surface area contributed by atoms with Gasteiger partial charge in [0.15, 0.2) is 0 Å². The molecule has 3 rings (SSSR count). The van der Waals surface area contributed by atoms with Crippen LogP contribution in [0.15, 0.2) is 11.4 Å². The molecule has 1 N–H and O–H groups in total. The van der Waals surface area contributed by atoms with E-state index in [1.54, 1.807) is 16.7 Å². The summed E-state index contributed by atoms with van der Waals surface area (Å²) < 4.78 is 0. The molecular formula is C14H17NO3S2. The summed E-state index contributed by atoms with van der Waals surface area (Å²) in [5.41, 5.74) is 1.02. The molecule has 0 aromatic carbocycles. The Kier molecular flexibility index (Phi) is 3.77. The maximum Gasteiger partial charge on any atom is 0.327 e. The molecule has 1 saturated carbocycles. The van der Waals surface area contributed by atoms with Gasteiger partial charge in [-0.2, -0.15) is 0 Å². The Morgan fingerprint density at radius 2 is 2.20 bits per heavy atom. The first kappa shape index (κ1) is 13.9. The minimum Gasteiger partial charge on any atom is -0.480 e. The molecule has 2 heterocycles. The Bertz CT molecular complexity index is 538. The first-order valence-corrected chi connectivity index (χ1v) is 8.79. The van der Waals surface area contributed by atoms with Crippen molar-refractivity contribution in [3.63, 3.8) is 0 Å². The van der Waals surface area contributed by atoms with Crippen molar-refractivity contribution in [3.05, 3.63) is 21.9 Å². The van der Waals surface area contributed by atoms with E-state index in [1.165, 1.54) is 11.3 Å². The second-order valence-corrected chi connectivity index (χ2v) is 7.32. The summed E-state index contributed by atoms with van der Waals surface area (Å²) in [7, 11) is 0. The maximum absolute atomic E-state index is 12.8. The lowest BCUT2D eigenvalue weighted by Gasteiger charge is -2.27. The van der Waals surface area contributed by atoms with Crippen LogP contribution in [0.4, 0.5) is 0 Å². The van der Waals surface area contributed by atoms with Crippen LogP contribution < -0.4 is 0 Å². The number of thioether (sulfide) groups is 1. The zero-order valence-corrected chi connectivity index (χ0v) is 12.9. The van der Waals surface area contributed by atoms with Crippen LogP contribution in [0.25, 0.3) is 0 Å². The molecule has 1 amide bonds. The number of thiophene rings is 1. The van der Waals surface area contributed by atoms with Crippen molar-refractivity contribution < 1.29 is 14.7 Å². The first-order valence-electron chi connectivity index (χ1n) is 6.87. The minimum absolute atomic E-state index is 0.0513. The SMILES string of the molecule is CCc1ccsc1C(=O)N1C(C(=O)O)CSC1C1CC1. The van der Waals surface area contributed by atoms with Crippen molar-refractivity contribution in [2.45, 2.75) is 37.6 Å². The van der Waals surface area contributed by atoms with Gasteiger partial charge in [0, 0.05) is 5.75 Å². The number of carboxylic acid groups (broad SMARTS) is 1. The lowest BCUT2D eigenvalue weighted by atomic mass is 10.1. The topological polar surface area (TPSA) is 57.6 Å². The van der Waals surface area contributed by atoms with Crippen LogP contribution in [-0.2, 0) is 11.2 Å².